The highest BCUT2D eigenvalue weighted by atomic mass is 16.2. The normalized spacial score (nSPS) is 10.6. The molecular weight excluding hydrogens is 374 g/mol. The van der Waals surface area contributed by atoms with Crippen LogP contribution in [0.15, 0.2) is 54.7 Å². The van der Waals surface area contributed by atoms with Gasteiger partial charge in [-0.05, 0) is 61.7 Å². The van der Waals surface area contributed by atoms with Crippen LogP contribution in [0.3, 0.4) is 0 Å². The summed E-state index contributed by atoms with van der Waals surface area (Å²) >= 11 is 0. The molecule has 1 amide bonds. The minimum atomic E-state index is 0.0700. The van der Waals surface area contributed by atoms with Gasteiger partial charge in [-0.3, -0.25) is 4.79 Å². The average molecular weight is 404 g/mol. The Kier molecular flexibility index (Phi) is 7.01. The highest BCUT2D eigenvalue weighted by molar-refractivity contribution is 5.94. The van der Waals surface area contributed by atoms with E-state index in [1.54, 1.807) is 6.20 Å². The Morgan fingerprint density at radius 1 is 1.03 bits per heavy atom. The lowest BCUT2D eigenvalue weighted by molar-refractivity contribution is 0.0755. The van der Waals surface area contributed by atoms with Gasteiger partial charge >= 0.3 is 0 Å². The van der Waals surface area contributed by atoms with Crippen molar-refractivity contribution in [2.75, 3.05) is 24.1 Å². The van der Waals surface area contributed by atoms with Crippen molar-refractivity contribution in [3.05, 3.63) is 65.9 Å². The van der Waals surface area contributed by atoms with Crippen molar-refractivity contribution in [3.63, 3.8) is 0 Å². The second-order valence-electron chi connectivity index (χ2n) is 7.28. The zero-order valence-electron chi connectivity index (χ0n) is 17.9. The van der Waals surface area contributed by atoms with Crippen molar-refractivity contribution in [1.29, 1.82) is 0 Å². The molecule has 30 heavy (non-hydrogen) atoms. The zero-order valence-corrected chi connectivity index (χ0v) is 17.9. The molecule has 0 aliphatic heterocycles. The van der Waals surface area contributed by atoms with Crippen molar-refractivity contribution < 1.29 is 4.79 Å². The number of aromatic nitrogens is 2. The summed E-state index contributed by atoms with van der Waals surface area (Å²) in [6.07, 6.45) is 3.62. The molecule has 3 aromatic rings. The predicted molar refractivity (Wildman–Crippen MR) is 123 cm³/mol. The van der Waals surface area contributed by atoms with Gasteiger partial charge in [-0.2, -0.15) is 0 Å². The fourth-order valence-electron chi connectivity index (χ4n) is 3.36. The number of benzene rings is 2. The molecular formula is C24H29N5O. The second-order valence-corrected chi connectivity index (χ2v) is 7.28. The van der Waals surface area contributed by atoms with Crippen LogP contribution in [0.5, 0.6) is 0 Å². The van der Waals surface area contributed by atoms with Crippen LogP contribution in [-0.4, -0.2) is 33.9 Å². The van der Waals surface area contributed by atoms with Gasteiger partial charge in [0.15, 0.2) is 0 Å². The van der Waals surface area contributed by atoms with Crippen LogP contribution in [0.4, 0.5) is 17.3 Å². The van der Waals surface area contributed by atoms with Gasteiger partial charge in [0.1, 0.15) is 0 Å². The summed E-state index contributed by atoms with van der Waals surface area (Å²) in [5.74, 6) is 0.563. The number of rotatable bonds is 8. The van der Waals surface area contributed by atoms with Crippen LogP contribution < -0.4 is 11.1 Å². The molecule has 3 N–H and O–H groups in total. The fourth-order valence-corrected chi connectivity index (χ4v) is 3.36. The molecule has 0 atom stereocenters. The van der Waals surface area contributed by atoms with E-state index in [1.807, 2.05) is 60.4 Å². The van der Waals surface area contributed by atoms with Crippen molar-refractivity contribution in [1.82, 2.24) is 14.9 Å². The van der Waals surface area contributed by atoms with Gasteiger partial charge in [0, 0.05) is 41.8 Å². The Labute approximate surface area is 178 Å². The van der Waals surface area contributed by atoms with Gasteiger partial charge in [-0.15, -0.1) is 0 Å². The van der Waals surface area contributed by atoms with Crippen LogP contribution in [0, 0.1) is 6.92 Å². The van der Waals surface area contributed by atoms with Crippen molar-refractivity contribution in [3.8, 4) is 11.3 Å². The lowest BCUT2D eigenvalue weighted by Gasteiger charge is -2.21. The van der Waals surface area contributed by atoms with Crippen molar-refractivity contribution in [2.24, 2.45) is 0 Å². The third kappa shape index (κ3) is 4.95. The number of carbonyl (C=O) groups is 1. The number of nitrogen functional groups attached to an aromatic ring is 1. The molecule has 3 rings (SSSR count). The molecule has 1 aromatic heterocycles. The first-order chi connectivity index (χ1) is 14.5. The maximum absolute atomic E-state index is 12.7. The molecule has 0 saturated heterocycles. The average Bonchev–Trinajstić information content (AvgIpc) is 2.76. The van der Waals surface area contributed by atoms with E-state index in [0.717, 1.165) is 54.1 Å². The largest absolute Gasteiger partial charge is 0.398 e. The smallest absolute Gasteiger partial charge is 0.253 e. The monoisotopic (exact) mass is 403 g/mol. The Hall–Kier alpha value is -3.41. The molecule has 6 heteroatoms. The third-order valence-electron chi connectivity index (χ3n) is 4.97. The van der Waals surface area contributed by atoms with Gasteiger partial charge in [0.05, 0.1) is 5.69 Å². The molecule has 0 saturated carbocycles. The molecule has 0 radical (unpaired) electrons. The molecule has 2 aromatic carbocycles. The van der Waals surface area contributed by atoms with Gasteiger partial charge in [-0.25, -0.2) is 9.97 Å². The number of nitrogens with two attached hydrogens (primary N) is 1. The first-order valence-corrected chi connectivity index (χ1v) is 10.4. The molecule has 0 spiro atoms. The standard InChI is InChI=1S/C24H29N5O/c1-4-15-29(16-5-2)23(30)18-9-11-19(12-10-18)27-24-26-14-13-22(28-24)20-7-6-8-21(25)17(20)3/h6-14H,4-5,15-16,25H2,1-3H3,(H,26,27,28). The SMILES string of the molecule is CCCN(CCC)C(=O)c1ccc(Nc2nccc(-c3cccc(N)c3C)n2)cc1. The molecule has 156 valence electrons. The third-order valence-corrected chi connectivity index (χ3v) is 4.97. The van der Waals surface area contributed by atoms with E-state index in [0.29, 0.717) is 11.5 Å². The molecule has 6 nitrogen and oxygen atoms in total. The quantitative estimate of drug-likeness (QED) is 0.515. The van der Waals surface area contributed by atoms with Crippen LogP contribution in [-0.2, 0) is 0 Å². The molecule has 0 bridgehead atoms. The Bertz CT molecular complexity index is 995. The maximum Gasteiger partial charge on any atom is 0.253 e. The van der Waals surface area contributed by atoms with E-state index in [4.69, 9.17) is 5.73 Å². The summed E-state index contributed by atoms with van der Waals surface area (Å²) in [6.45, 7) is 7.70. The predicted octanol–water partition coefficient (Wildman–Crippen LogP) is 5.04. The van der Waals surface area contributed by atoms with Crippen LogP contribution in [0.1, 0.15) is 42.6 Å². The number of nitrogens with one attached hydrogen (secondary N) is 1. The minimum Gasteiger partial charge on any atom is -0.398 e. The molecule has 0 aliphatic rings. The first kappa shape index (κ1) is 21.3. The van der Waals surface area contributed by atoms with Gasteiger partial charge in [0.25, 0.3) is 5.91 Å². The van der Waals surface area contributed by atoms with Crippen molar-refractivity contribution >= 4 is 23.2 Å². The fraction of sp³-hybridized carbons (Fsp3) is 0.292. The summed E-state index contributed by atoms with van der Waals surface area (Å²) < 4.78 is 0. The lowest BCUT2D eigenvalue weighted by Crippen LogP contribution is -2.32. The molecule has 0 fully saturated rings. The van der Waals surface area contributed by atoms with Crippen LogP contribution in [0.2, 0.25) is 0 Å². The van der Waals surface area contributed by atoms with E-state index < -0.39 is 0 Å². The van der Waals surface area contributed by atoms with Gasteiger partial charge in [-0.1, -0.05) is 26.0 Å². The van der Waals surface area contributed by atoms with E-state index in [-0.39, 0.29) is 5.91 Å². The van der Waals surface area contributed by atoms with Gasteiger partial charge in [0.2, 0.25) is 5.95 Å². The highest BCUT2D eigenvalue weighted by Gasteiger charge is 2.14. The van der Waals surface area contributed by atoms with Gasteiger partial charge < -0.3 is 16.0 Å². The first-order valence-electron chi connectivity index (χ1n) is 10.4. The number of nitrogens with zero attached hydrogens (tertiary/aromatic N) is 3. The molecule has 0 unspecified atom stereocenters. The number of anilines is 3. The lowest BCUT2D eigenvalue weighted by atomic mass is 10.0. The van der Waals surface area contributed by atoms with E-state index in [1.165, 1.54) is 0 Å². The number of carbonyl (C=O) groups excluding carboxylic acids is 1. The number of hydrogen-bond donors (Lipinski definition) is 2. The number of hydrogen-bond acceptors (Lipinski definition) is 5. The second kappa shape index (κ2) is 9.87. The number of amides is 1. The Morgan fingerprint density at radius 3 is 2.40 bits per heavy atom. The van der Waals surface area contributed by atoms with Crippen molar-refractivity contribution in [2.45, 2.75) is 33.6 Å². The summed E-state index contributed by atoms with van der Waals surface area (Å²) in [4.78, 5) is 23.6. The Morgan fingerprint density at radius 2 is 1.73 bits per heavy atom. The summed E-state index contributed by atoms with van der Waals surface area (Å²) in [5, 5.41) is 3.22. The van der Waals surface area contributed by atoms with Crippen LogP contribution in [0.25, 0.3) is 11.3 Å². The van der Waals surface area contributed by atoms with E-state index in [9.17, 15) is 4.79 Å². The maximum atomic E-state index is 12.7. The van der Waals surface area contributed by atoms with E-state index in [2.05, 4.69) is 29.1 Å². The zero-order chi connectivity index (χ0) is 21.5. The molecule has 0 aliphatic carbocycles. The summed E-state index contributed by atoms with van der Waals surface area (Å²) in [7, 11) is 0. The Balaban J connectivity index is 1.76. The summed E-state index contributed by atoms with van der Waals surface area (Å²) in [5.41, 5.74) is 11.1. The van der Waals surface area contributed by atoms with Crippen LogP contribution >= 0.6 is 0 Å². The molecule has 1 heterocycles. The van der Waals surface area contributed by atoms with E-state index >= 15 is 0 Å². The summed E-state index contributed by atoms with van der Waals surface area (Å²) in [6, 6.07) is 15.1. The topological polar surface area (TPSA) is 84.1 Å². The highest BCUT2D eigenvalue weighted by Crippen LogP contribution is 2.26. The minimum absolute atomic E-state index is 0.0700.